The maximum absolute atomic E-state index is 12.0. The monoisotopic (exact) mass is 261 g/mol. The number of nitrogens with one attached hydrogen (secondary N) is 1. The number of anilines is 1. The highest BCUT2D eigenvalue weighted by molar-refractivity contribution is 5.94. The molecule has 19 heavy (non-hydrogen) atoms. The Morgan fingerprint density at radius 3 is 2.79 bits per heavy atom. The number of likely N-dealkylation sites (N-methyl/N-ethyl adjacent to an activating group) is 1. The largest absolute Gasteiger partial charge is 0.399 e. The first kappa shape index (κ1) is 13.9. The summed E-state index contributed by atoms with van der Waals surface area (Å²) < 4.78 is 0. The lowest BCUT2D eigenvalue weighted by Gasteiger charge is -2.34. The number of nitrogens with two attached hydrogens (primary N) is 1. The van der Waals surface area contributed by atoms with Crippen LogP contribution < -0.4 is 11.1 Å². The number of rotatable bonds is 4. The summed E-state index contributed by atoms with van der Waals surface area (Å²) in [6.45, 7) is 5.12. The van der Waals surface area contributed by atoms with Gasteiger partial charge in [0.2, 0.25) is 0 Å². The average Bonchev–Trinajstić information content (AvgIpc) is 2.45. The number of hydrogen-bond donors (Lipinski definition) is 2. The van der Waals surface area contributed by atoms with E-state index in [4.69, 9.17) is 5.73 Å². The van der Waals surface area contributed by atoms with Crippen molar-refractivity contribution in [2.45, 2.75) is 32.2 Å². The van der Waals surface area contributed by atoms with Crippen LogP contribution in [-0.4, -0.2) is 36.5 Å². The lowest BCUT2D eigenvalue weighted by Crippen LogP contribution is -2.46. The maximum atomic E-state index is 12.0. The van der Waals surface area contributed by atoms with Crippen LogP contribution in [0.3, 0.4) is 0 Å². The van der Waals surface area contributed by atoms with Crippen LogP contribution in [0, 0.1) is 0 Å². The summed E-state index contributed by atoms with van der Waals surface area (Å²) in [4.78, 5) is 14.5. The Hall–Kier alpha value is -1.55. The van der Waals surface area contributed by atoms with Crippen molar-refractivity contribution in [3.63, 3.8) is 0 Å². The molecule has 1 atom stereocenters. The van der Waals surface area contributed by atoms with Gasteiger partial charge in [0, 0.05) is 23.8 Å². The molecule has 1 aliphatic rings. The first-order valence-corrected chi connectivity index (χ1v) is 7.08. The van der Waals surface area contributed by atoms with E-state index in [1.54, 1.807) is 24.3 Å². The second kappa shape index (κ2) is 6.57. The molecule has 0 radical (unpaired) electrons. The molecular formula is C15H23N3O. The van der Waals surface area contributed by atoms with Gasteiger partial charge < -0.3 is 11.1 Å². The van der Waals surface area contributed by atoms with Crippen LogP contribution in [0.5, 0.6) is 0 Å². The molecule has 1 aromatic rings. The molecule has 1 saturated heterocycles. The predicted molar refractivity (Wildman–Crippen MR) is 78.1 cm³/mol. The zero-order valence-corrected chi connectivity index (χ0v) is 11.6. The van der Waals surface area contributed by atoms with E-state index in [-0.39, 0.29) is 5.91 Å². The van der Waals surface area contributed by atoms with Crippen LogP contribution in [-0.2, 0) is 0 Å². The van der Waals surface area contributed by atoms with Gasteiger partial charge in [0.05, 0.1) is 0 Å². The van der Waals surface area contributed by atoms with Gasteiger partial charge in [-0.2, -0.15) is 0 Å². The van der Waals surface area contributed by atoms with Crippen LogP contribution in [0.1, 0.15) is 36.5 Å². The molecule has 1 fully saturated rings. The first-order chi connectivity index (χ1) is 9.20. The molecule has 2 rings (SSSR count). The standard InChI is InChI=1S/C15H23N3O/c1-2-18-10-4-3-5-14(18)11-17-15(19)12-6-8-13(16)9-7-12/h6-9,14H,2-5,10-11,16H2,1H3,(H,17,19). The Morgan fingerprint density at radius 2 is 2.11 bits per heavy atom. The van der Waals surface area contributed by atoms with E-state index in [9.17, 15) is 4.79 Å². The van der Waals surface area contributed by atoms with Crippen molar-refractivity contribution in [3.05, 3.63) is 29.8 Å². The highest BCUT2D eigenvalue weighted by Crippen LogP contribution is 2.16. The number of benzene rings is 1. The van der Waals surface area contributed by atoms with Gasteiger partial charge in [-0.15, -0.1) is 0 Å². The van der Waals surface area contributed by atoms with Crippen molar-refractivity contribution < 1.29 is 4.79 Å². The molecule has 0 bridgehead atoms. The number of carbonyl (C=O) groups is 1. The highest BCUT2D eigenvalue weighted by atomic mass is 16.1. The average molecular weight is 261 g/mol. The number of likely N-dealkylation sites (tertiary alicyclic amines) is 1. The SMILES string of the molecule is CCN1CCCCC1CNC(=O)c1ccc(N)cc1. The van der Waals surface area contributed by atoms with Gasteiger partial charge >= 0.3 is 0 Å². The second-order valence-corrected chi connectivity index (χ2v) is 5.11. The van der Waals surface area contributed by atoms with E-state index < -0.39 is 0 Å². The third-order valence-electron chi connectivity index (χ3n) is 3.83. The molecular weight excluding hydrogens is 238 g/mol. The zero-order valence-electron chi connectivity index (χ0n) is 11.6. The molecule has 0 saturated carbocycles. The predicted octanol–water partition coefficient (Wildman–Crippen LogP) is 1.87. The van der Waals surface area contributed by atoms with Crippen LogP contribution >= 0.6 is 0 Å². The number of nitrogen functional groups attached to an aromatic ring is 1. The van der Waals surface area contributed by atoms with Gasteiger partial charge in [-0.3, -0.25) is 9.69 Å². The van der Waals surface area contributed by atoms with Gasteiger partial charge in [0.25, 0.3) is 5.91 Å². The fraction of sp³-hybridized carbons (Fsp3) is 0.533. The van der Waals surface area contributed by atoms with Crippen LogP contribution in [0.25, 0.3) is 0 Å². The summed E-state index contributed by atoms with van der Waals surface area (Å²) in [5.41, 5.74) is 6.97. The van der Waals surface area contributed by atoms with Crippen molar-refractivity contribution in [1.29, 1.82) is 0 Å². The van der Waals surface area contributed by atoms with Gasteiger partial charge in [0.1, 0.15) is 0 Å². The Labute approximate surface area is 115 Å². The minimum absolute atomic E-state index is 0.0124. The smallest absolute Gasteiger partial charge is 0.251 e. The molecule has 1 heterocycles. The normalized spacial score (nSPS) is 20.2. The minimum atomic E-state index is -0.0124. The Bertz CT molecular complexity index is 416. The number of piperidine rings is 1. The van der Waals surface area contributed by atoms with Crippen LogP contribution in [0.15, 0.2) is 24.3 Å². The summed E-state index contributed by atoms with van der Waals surface area (Å²) >= 11 is 0. The molecule has 0 aromatic heterocycles. The van der Waals surface area contributed by atoms with E-state index in [0.717, 1.165) is 19.6 Å². The molecule has 4 nitrogen and oxygen atoms in total. The summed E-state index contributed by atoms with van der Waals surface area (Å²) in [6, 6.07) is 7.53. The van der Waals surface area contributed by atoms with Gasteiger partial charge in [-0.1, -0.05) is 13.3 Å². The summed E-state index contributed by atoms with van der Waals surface area (Å²) in [6.07, 6.45) is 3.71. The molecule has 1 amide bonds. The fourth-order valence-corrected chi connectivity index (χ4v) is 2.65. The molecule has 104 valence electrons. The molecule has 0 spiro atoms. The quantitative estimate of drug-likeness (QED) is 0.814. The summed E-state index contributed by atoms with van der Waals surface area (Å²) in [5.74, 6) is -0.0124. The minimum Gasteiger partial charge on any atom is -0.399 e. The maximum Gasteiger partial charge on any atom is 0.251 e. The van der Waals surface area contributed by atoms with Crippen molar-refractivity contribution in [2.24, 2.45) is 0 Å². The molecule has 1 aromatic carbocycles. The number of carbonyl (C=O) groups excluding carboxylic acids is 1. The Morgan fingerprint density at radius 1 is 1.37 bits per heavy atom. The number of nitrogens with zero attached hydrogens (tertiary/aromatic N) is 1. The lowest BCUT2D eigenvalue weighted by atomic mass is 10.0. The van der Waals surface area contributed by atoms with Crippen LogP contribution in [0.4, 0.5) is 5.69 Å². The first-order valence-electron chi connectivity index (χ1n) is 7.08. The van der Waals surface area contributed by atoms with Gasteiger partial charge in [-0.05, 0) is 50.2 Å². The van der Waals surface area contributed by atoms with Crippen molar-refractivity contribution >= 4 is 11.6 Å². The zero-order chi connectivity index (χ0) is 13.7. The van der Waals surface area contributed by atoms with Crippen molar-refractivity contribution in [3.8, 4) is 0 Å². The second-order valence-electron chi connectivity index (χ2n) is 5.11. The van der Waals surface area contributed by atoms with Gasteiger partial charge in [0.15, 0.2) is 0 Å². The van der Waals surface area contributed by atoms with Gasteiger partial charge in [-0.25, -0.2) is 0 Å². The topological polar surface area (TPSA) is 58.4 Å². The van der Waals surface area contributed by atoms with Crippen molar-refractivity contribution in [2.75, 3.05) is 25.4 Å². The molecule has 1 aliphatic heterocycles. The molecule has 3 N–H and O–H groups in total. The van der Waals surface area contributed by atoms with E-state index >= 15 is 0 Å². The molecule has 0 aliphatic carbocycles. The van der Waals surface area contributed by atoms with Crippen LogP contribution in [0.2, 0.25) is 0 Å². The van der Waals surface area contributed by atoms with E-state index in [1.165, 1.54) is 19.3 Å². The van der Waals surface area contributed by atoms with E-state index in [0.29, 0.717) is 17.3 Å². The Kier molecular flexibility index (Phi) is 4.80. The molecule has 1 unspecified atom stereocenters. The third-order valence-corrected chi connectivity index (χ3v) is 3.83. The summed E-state index contributed by atoms with van der Waals surface area (Å²) in [5, 5.41) is 3.03. The number of hydrogen-bond acceptors (Lipinski definition) is 3. The Balaban J connectivity index is 1.87. The lowest BCUT2D eigenvalue weighted by molar-refractivity contribution is 0.0918. The van der Waals surface area contributed by atoms with Crippen molar-refractivity contribution in [1.82, 2.24) is 10.2 Å². The fourth-order valence-electron chi connectivity index (χ4n) is 2.65. The van der Waals surface area contributed by atoms with E-state index in [2.05, 4.69) is 17.1 Å². The number of amides is 1. The highest BCUT2D eigenvalue weighted by Gasteiger charge is 2.21. The summed E-state index contributed by atoms with van der Waals surface area (Å²) in [7, 11) is 0. The van der Waals surface area contributed by atoms with E-state index in [1.807, 2.05) is 0 Å². The molecule has 4 heteroatoms. The third kappa shape index (κ3) is 3.70.